The van der Waals surface area contributed by atoms with E-state index in [1.807, 2.05) is 36.4 Å². The molecule has 82 valence electrons. The number of aromatic hydroxyl groups is 1. The summed E-state index contributed by atoms with van der Waals surface area (Å²) < 4.78 is 0.889. The van der Waals surface area contributed by atoms with Gasteiger partial charge in [-0.2, -0.15) is 0 Å². The number of halogens is 1. The third kappa shape index (κ3) is 2.19. The maximum atomic E-state index is 9.68. The average molecular weight is 278 g/mol. The zero-order valence-corrected chi connectivity index (χ0v) is 10.2. The molecule has 0 amide bonds. The Balaban J connectivity index is 2.35. The first kappa shape index (κ1) is 11.0. The normalized spacial score (nSPS) is 10.3. The van der Waals surface area contributed by atoms with Gasteiger partial charge in [-0.05, 0) is 39.2 Å². The molecule has 0 fully saturated rings. The lowest BCUT2D eigenvalue weighted by Crippen LogP contribution is -1.96. The number of phenolic OH excluding ortho intramolecular Hbond substituents is 1. The van der Waals surface area contributed by atoms with Gasteiger partial charge in [0.1, 0.15) is 5.75 Å². The Morgan fingerprint density at radius 3 is 2.44 bits per heavy atom. The van der Waals surface area contributed by atoms with Crippen LogP contribution in [0.5, 0.6) is 5.75 Å². The highest BCUT2D eigenvalue weighted by atomic mass is 79.9. The number of rotatable bonds is 2. The van der Waals surface area contributed by atoms with Gasteiger partial charge < -0.3 is 10.8 Å². The highest BCUT2D eigenvalue weighted by molar-refractivity contribution is 9.10. The Morgan fingerprint density at radius 1 is 1.00 bits per heavy atom. The molecule has 0 aromatic heterocycles. The van der Waals surface area contributed by atoms with Crippen LogP contribution in [0.3, 0.4) is 0 Å². The fraction of sp³-hybridized carbons (Fsp3) is 0.0769. The van der Waals surface area contributed by atoms with Crippen molar-refractivity contribution in [1.29, 1.82) is 0 Å². The minimum absolute atomic E-state index is 0.307. The SMILES string of the molecule is Nc1c(Br)cccc1Cc1ccccc1O. The molecule has 0 aliphatic carbocycles. The van der Waals surface area contributed by atoms with Crippen LogP contribution in [0.4, 0.5) is 5.69 Å². The number of para-hydroxylation sites is 2. The minimum Gasteiger partial charge on any atom is -0.508 e. The molecule has 0 radical (unpaired) electrons. The quantitative estimate of drug-likeness (QED) is 0.828. The van der Waals surface area contributed by atoms with Gasteiger partial charge >= 0.3 is 0 Å². The van der Waals surface area contributed by atoms with Crippen LogP contribution in [0.15, 0.2) is 46.9 Å². The van der Waals surface area contributed by atoms with Crippen LogP contribution in [-0.2, 0) is 6.42 Å². The molecule has 0 saturated heterocycles. The number of nitrogens with two attached hydrogens (primary N) is 1. The number of anilines is 1. The summed E-state index contributed by atoms with van der Waals surface area (Å²) in [6.07, 6.45) is 0.637. The molecule has 3 heteroatoms. The predicted octanol–water partition coefficient (Wildman–Crippen LogP) is 3.33. The average Bonchev–Trinajstić information content (AvgIpc) is 2.28. The summed E-state index contributed by atoms with van der Waals surface area (Å²) in [6, 6.07) is 13.1. The first-order valence-corrected chi connectivity index (χ1v) is 5.77. The molecule has 2 nitrogen and oxygen atoms in total. The van der Waals surface area contributed by atoms with Crippen LogP contribution in [0.1, 0.15) is 11.1 Å². The van der Waals surface area contributed by atoms with Crippen LogP contribution >= 0.6 is 15.9 Å². The van der Waals surface area contributed by atoms with E-state index in [9.17, 15) is 5.11 Å². The first-order valence-electron chi connectivity index (χ1n) is 4.98. The minimum atomic E-state index is 0.307. The molecule has 3 N–H and O–H groups in total. The highest BCUT2D eigenvalue weighted by Gasteiger charge is 2.06. The highest BCUT2D eigenvalue weighted by Crippen LogP contribution is 2.27. The second-order valence-corrected chi connectivity index (χ2v) is 4.47. The maximum Gasteiger partial charge on any atom is 0.119 e. The second-order valence-electron chi connectivity index (χ2n) is 3.62. The molecule has 0 aliphatic rings. The molecule has 0 spiro atoms. The number of nitrogen functional groups attached to an aromatic ring is 1. The van der Waals surface area contributed by atoms with Gasteiger partial charge in [0.25, 0.3) is 0 Å². The lowest BCUT2D eigenvalue weighted by molar-refractivity contribution is 0.469. The molecular weight excluding hydrogens is 266 g/mol. The molecule has 2 rings (SSSR count). The number of phenols is 1. The van der Waals surface area contributed by atoms with E-state index >= 15 is 0 Å². The fourth-order valence-electron chi connectivity index (χ4n) is 1.60. The molecular formula is C13H12BrNO. The van der Waals surface area contributed by atoms with Crippen molar-refractivity contribution in [3.05, 3.63) is 58.1 Å². The zero-order valence-electron chi connectivity index (χ0n) is 8.65. The van der Waals surface area contributed by atoms with Crippen LogP contribution in [-0.4, -0.2) is 5.11 Å². The monoisotopic (exact) mass is 277 g/mol. The van der Waals surface area contributed by atoms with Crippen molar-refractivity contribution in [3.63, 3.8) is 0 Å². The van der Waals surface area contributed by atoms with Crippen molar-refractivity contribution in [3.8, 4) is 5.75 Å². The first-order chi connectivity index (χ1) is 7.68. The molecule has 0 bridgehead atoms. The van der Waals surface area contributed by atoms with E-state index in [2.05, 4.69) is 15.9 Å². The van der Waals surface area contributed by atoms with Crippen molar-refractivity contribution in [2.45, 2.75) is 6.42 Å². The Kier molecular flexibility index (Phi) is 3.15. The van der Waals surface area contributed by atoms with Gasteiger partial charge in [-0.15, -0.1) is 0 Å². The van der Waals surface area contributed by atoms with E-state index in [1.165, 1.54) is 0 Å². The molecule has 0 heterocycles. The van der Waals surface area contributed by atoms with Gasteiger partial charge in [0.2, 0.25) is 0 Å². The third-order valence-electron chi connectivity index (χ3n) is 2.52. The van der Waals surface area contributed by atoms with Crippen molar-refractivity contribution in [2.75, 3.05) is 5.73 Å². The molecule has 0 aliphatic heterocycles. The number of hydrogen-bond donors (Lipinski definition) is 2. The van der Waals surface area contributed by atoms with E-state index in [0.29, 0.717) is 12.2 Å². The van der Waals surface area contributed by atoms with E-state index in [1.54, 1.807) is 6.07 Å². The van der Waals surface area contributed by atoms with Gasteiger partial charge in [-0.1, -0.05) is 30.3 Å². The Bertz CT molecular complexity index is 511. The van der Waals surface area contributed by atoms with Crippen LogP contribution in [0.2, 0.25) is 0 Å². The molecule has 0 unspecified atom stereocenters. The number of hydrogen-bond acceptors (Lipinski definition) is 2. The van der Waals surface area contributed by atoms with E-state index in [-0.39, 0.29) is 0 Å². The lowest BCUT2D eigenvalue weighted by Gasteiger charge is -2.08. The van der Waals surface area contributed by atoms with Crippen LogP contribution < -0.4 is 5.73 Å². The van der Waals surface area contributed by atoms with Gasteiger partial charge in [-0.25, -0.2) is 0 Å². The summed E-state index contributed by atoms with van der Waals surface area (Å²) in [5.74, 6) is 0.307. The van der Waals surface area contributed by atoms with E-state index in [4.69, 9.17) is 5.73 Å². The molecule has 0 saturated carbocycles. The summed E-state index contributed by atoms with van der Waals surface area (Å²) in [6.45, 7) is 0. The van der Waals surface area contributed by atoms with E-state index < -0.39 is 0 Å². The molecule has 2 aromatic carbocycles. The maximum absolute atomic E-state index is 9.68. The Morgan fingerprint density at radius 2 is 1.69 bits per heavy atom. The van der Waals surface area contributed by atoms with Gasteiger partial charge in [0.15, 0.2) is 0 Å². The summed E-state index contributed by atoms with van der Waals surface area (Å²) in [5, 5.41) is 9.68. The summed E-state index contributed by atoms with van der Waals surface area (Å²) in [7, 11) is 0. The molecule has 0 atom stereocenters. The Labute approximate surface area is 103 Å². The topological polar surface area (TPSA) is 46.2 Å². The Hall–Kier alpha value is -1.48. The third-order valence-corrected chi connectivity index (χ3v) is 3.21. The molecule has 16 heavy (non-hydrogen) atoms. The van der Waals surface area contributed by atoms with Gasteiger partial charge in [0, 0.05) is 16.6 Å². The van der Waals surface area contributed by atoms with Gasteiger partial charge in [0.05, 0.1) is 0 Å². The summed E-state index contributed by atoms with van der Waals surface area (Å²) in [4.78, 5) is 0. The second kappa shape index (κ2) is 4.58. The fourth-order valence-corrected chi connectivity index (χ4v) is 2.01. The predicted molar refractivity (Wildman–Crippen MR) is 69.5 cm³/mol. The van der Waals surface area contributed by atoms with Gasteiger partial charge in [-0.3, -0.25) is 0 Å². The lowest BCUT2D eigenvalue weighted by atomic mass is 10.0. The molecule has 2 aromatic rings. The van der Waals surface area contributed by atoms with E-state index in [0.717, 1.165) is 21.3 Å². The van der Waals surface area contributed by atoms with Crippen molar-refractivity contribution >= 4 is 21.6 Å². The number of benzene rings is 2. The van der Waals surface area contributed by atoms with Crippen LogP contribution in [0.25, 0.3) is 0 Å². The zero-order chi connectivity index (χ0) is 11.5. The van der Waals surface area contributed by atoms with Crippen LogP contribution in [0, 0.1) is 0 Å². The van der Waals surface area contributed by atoms with Crippen molar-refractivity contribution in [2.24, 2.45) is 0 Å². The summed E-state index contributed by atoms with van der Waals surface area (Å²) in [5.41, 5.74) is 8.57. The largest absolute Gasteiger partial charge is 0.508 e. The standard InChI is InChI=1S/C13H12BrNO/c14-11-6-3-5-10(13(11)15)8-9-4-1-2-7-12(9)16/h1-7,16H,8,15H2. The van der Waals surface area contributed by atoms with Crippen molar-refractivity contribution in [1.82, 2.24) is 0 Å². The smallest absolute Gasteiger partial charge is 0.119 e. The summed E-state index contributed by atoms with van der Waals surface area (Å²) >= 11 is 3.39. The van der Waals surface area contributed by atoms with Crippen molar-refractivity contribution < 1.29 is 5.11 Å².